The molecular formula is C13H11Cl2FN2O2S. The molecule has 0 amide bonds. The van der Waals surface area contributed by atoms with Crippen LogP contribution in [0.25, 0.3) is 0 Å². The summed E-state index contributed by atoms with van der Waals surface area (Å²) in [6.45, 7) is 1.71. The number of hydrogen-bond donors (Lipinski definition) is 2. The van der Waals surface area contributed by atoms with E-state index in [9.17, 15) is 12.8 Å². The minimum Gasteiger partial charge on any atom is -0.398 e. The first-order valence-electron chi connectivity index (χ1n) is 5.74. The lowest BCUT2D eigenvalue weighted by Crippen LogP contribution is -2.14. The zero-order valence-electron chi connectivity index (χ0n) is 10.8. The van der Waals surface area contributed by atoms with Gasteiger partial charge in [0.2, 0.25) is 0 Å². The van der Waals surface area contributed by atoms with Gasteiger partial charge in [-0.05, 0) is 42.8 Å². The summed E-state index contributed by atoms with van der Waals surface area (Å²) in [4.78, 5) is -0.173. The molecule has 0 saturated heterocycles. The number of hydrogen-bond acceptors (Lipinski definition) is 3. The number of rotatable bonds is 3. The summed E-state index contributed by atoms with van der Waals surface area (Å²) in [6, 6.07) is 6.04. The first-order chi connectivity index (χ1) is 9.70. The number of benzene rings is 2. The van der Waals surface area contributed by atoms with Gasteiger partial charge in [-0.3, -0.25) is 4.72 Å². The smallest absolute Gasteiger partial charge is 0.263 e. The van der Waals surface area contributed by atoms with Crippen LogP contribution in [0.15, 0.2) is 35.2 Å². The Hall–Kier alpha value is -1.50. The van der Waals surface area contributed by atoms with E-state index in [0.29, 0.717) is 11.3 Å². The molecule has 2 aromatic rings. The van der Waals surface area contributed by atoms with Crippen LogP contribution >= 0.6 is 23.2 Å². The summed E-state index contributed by atoms with van der Waals surface area (Å²) in [5.74, 6) is -0.569. The van der Waals surface area contributed by atoms with Crippen LogP contribution in [0.2, 0.25) is 10.0 Å². The van der Waals surface area contributed by atoms with Crippen molar-refractivity contribution in [1.82, 2.24) is 0 Å². The van der Waals surface area contributed by atoms with E-state index in [0.717, 1.165) is 12.1 Å². The van der Waals surface area contributed by atoms with Gasteiger partial charge in [0.1, 0.15) is 10.7 Å². The highest BCUT2D eigenvalue weighted by atomic mass is 35.5. The summed E-state index contributed by atoms with van der Waals surface area (Å²) < 4.78 is 39.9. The van der Waals surface area contributed by atoms with Crippen molar-refractivity contribution in [2.75, 3.05) is 10.5 Å². The topological polar surface area (TPSA) is 72.2 Å². The molecule has 0 aliphatic heterocycles. The van der Waals surface area contributed by atoms with Gasteiger partial charge in [0.15, 0.2) is 0 Å². The molecule has 0 unspecified atom stereocenters. The first kappa shape index (κ1) is 15.9. The van der Waals surface area contributed by atoms with Crippen LogP contribution < -0.4 is 10.5 Å². The maximum Gasteiger partial charge on any atom is 0.263 e. The second-order valence-electron chi connectivity index (χ2n) is 4.37. The lowest BCUT2D eigenvalue weighted by molar-refractivity contribution is 0.601. The fourth-order valence-electron chi connectivity index (χ4n) is 1.65. The second kappa shape index (κ2) is 5.71. The number of nitrogen functional groups attached to an aromatic ring is 1. The largest absolute Gasteiger partial charge is 0.398 e. The van der Waals surface area contributed by atoms with Gasteiger partial charge in [0.25, 0.3) is 10.0 Å². The van der Waals surface area contributed by atoms with E-state index in [2.05, 4.69) is 4.72 Å². The maximum absolute atomic E-state index is 13.0. The minimum absolute atomic E-state index is 0.0347. The molecular weight excluding hydrogens is 338 g/mol. The first-order valence-corrected chi connectivity index (χ1v) is 7.98. The maximum atomic E-state index is 13.0. The summed E-state index contributed by atoms with van der Waals surface area (Å²) >= 11 is 11.7. The number of aryl methyl sites for hydroxylation is 1. The highest BCUT2D eigenvalue weighted by Gasteiger charge is 2.20. The van der Waals surface area contributed by atoms with Gasteiger partial charge in [-0.2, -0.15) is 0 Å². The molecule has 0 radical (unpaired) electrons. The van der Waals surface area contributed by atoms with Gasteiger partial charge in [0.05, 0.1) is 15.7 Å². The van der Waals surface area contributed by atoms with E-state index < -0.39 is 15.8 Å². The average Bonchev–Trinajstić information content (AvgIpc) is 2.37. The minimum atomic E-state index is -3.99. The van der Waals surface area contributed by atoms with Gasteiger partial charge in [-0.1, -0.05) is 23.2 Å². The van der Waals surface area contributed by atoms with Crippen LogP contribution in [0, 0.1) is 12.7 Å². The number of anilines is 2. The highest BCUT2D eigenvalue weighted by molar-refractivity contribution is 7.92. The van der Waals surface area contributed by atoms with E-state index in [-0.39, 0.29) is 20.6 Å². The van der Waals surface area contributed by atoms with Crippen LogP contribution in [0.3, 0.4) is 0 Å². The zero-order valence-corrected chi connectivity index (χ0v) is 13.2. The number of halogens is 3. The van der Waals surface area contributed by atoms with Crippen molar-refractivity contribution in [3.05, 3.63) is 51.8 Å². The summed E-state index contributed by atoms with van der Waals surface area (Å²) in [5, 5.41) is -0.0257. The number of nitrogens with two attached hydrogens (primary N) is 1. The molecule has 21 heavy (non-hydrogen) atoms. The van der Waals surface area contributed by atoms with Crippen LogP contribution in [0.1, 0.15) is 5.56 Å². The van der Waals surface area contributed by atoms with E-state index in [1.165, 1.54) is 18.2 Å². The molecule has 0 bridgehead atoms. The molecule has 2 rings (SSSR count). The van der Waals surface area contributed by atoms with Crippen molar-refractivity contribution >= 4 is 44.6 Å². The highest BCUT2D eigenvalue weighted by Crippen LogP contribution is 2.30. The van der Waals surface area contributed by atoms with Crippen LogP contribution in [-0.2, 0) is 10.0 Å². The Balaban J connectivity index is 2.46. The van der Waals surface area contributed by atoms with E-state index >= 15 is 0 Å². The SMILES string of the molecule is Cc1cc(Cl)c(S(=O)(=O)Nc2ccc(F)cc2Cl)cc1N. The zero-order chi connectivity index (χ0) is 15.8. The molecule has 0 aliphatic rings. The second-order valence-corrected chi connectivity index (χ2v) is 6.83. The molecule has 3 N–H and O–H groups in total. The molecule has 2 aromatic carbocycles. The summed E-state index contributed by atoms with van der Waals surface area (Å²) in [7, 11) is -3.99. The molecule has 4 nitrogen and oxygen atoms in total. The predicted molar refractivity (Wildman–Crippen MR) is 82.8 cm³/mol. The van der Waals surface area contributed by atoms with Crippen molar-refractivity contribution in [2.45, 2.75) is 11.8 Å². The van der Waals surface area contributed by atoms with Gasteiger partial charge in [-0.25, -0.2) is 12.8 Å². The van der Waals surface area contributed by atoms with Crippen molar-refractivity contribution in [1.29, 1.82) is 0 Å². The Morgan fingerprint density at radius 3 is 2.43 bits per heavy atom. The van der Waals surface area contributed by atoms with Crippen molar-refractivity contribution < 1.29 is 12.8 Å². The number of nitrogens with one attached hydrogen (secondary N) is 1. The third-order valence-electron chi connectivity index (χ3n) is 2.79. The Morgan fingerprint density at radius 1 is 1.14 bits per heavy atom. The molecule has 8 heteroatoms. The Labute approximate surface area is 131 Å². The quantitative estimate of drug-likeness (QED) is 0.828. The molecule has 0 saturated carbocycles. The van der Waals surface area contributed by atoms with E-state index in [1.54, 1.807) is 6.92 Å². The monoisotopic (exact) mass is 348 g/mol. The molecule has 0 atom stereocenters. The lowest BCUT2D eigenvalue weighted by atomic mass is 10.2. The van der Waals surface area contributed by atoms with Crippen molar-refractivity contribution in [3.8, 4) is 0 Å². The molecule has 0 aliphatic carbocycles. The molecule has 0 aromatic heterocycles. The van der Waals surface area contributed by atoms with Crippen LogP contribution in [0.4, 0.5) is 15.8 Å². The van der Waals surface area contributed by atoms with E-state index in [4.69, 9.17) is 28.9 Å². The van der Waals surface area contributed by atoms with E-state index in [1.807, 2.05) is 0 Å². The van der Waals surface area contributed by atoms with Gasteiger partial charge >= 0.3 is 0 Å². The summed E-state index contributed by atoms with van der Waals surface area (Å²) in [6.07, 6.45) is 0. The third-order valence-corrected chi connectivity index (χ3v) is 4.93. The standard InChI is InChI=1S/C13H11Cl2FN2O2S/c1-7-4-10(15)13(6-11(7)17)21(19,20)18-12-3-2-8(16)5-9(12)14/h2-6,18H,17H2,1H3. The Kier molecular flexibility index (Phi) is 4.32. The van der Waals surface area contributed by atoms with Gasteiger partial charge in [-0.15, -0.1) is 0 Å². The van der Waals surface area contributed by atoms with Crippen LogP contribution in [-0.4, -0.2) is 8.42 Å². The van der Waals surface area contributed by atoms with Gasteiger partial charge in [0, 0.05) is 5.69 Å². The molecule has 0 spiro atoms. The average molecular weight is 349 g/mol. The molecule has 0 heterocycles. The fraction of sp³-hybridized carbons (Fsp3) is 0.0769. The van der Waals surface area contributed by atoms with Gasteiger partial charge < -0.3 is 5.73 Å². The summed E-state index contributed by atoms with van der Waals surface area (Å²) in [5.41, 5.74) is 6.71. The molecule has 112 valence electrons. The lowest BCUT2D eigenvalue weighted by Gasteiger charge is -2.12. The van der Waals surface area contributed by atoms with Crippen molar-refractivity contribution in [2.24, 2.45) is 0 Å². The normalized spacial score (nSPS) is 11.4. The molecule has 0 fully saturated rings. The van der Waals surface area contributed by atoms with Crippen molar-refractivity contribution in [3.63, 3.8) is 0 Å². The third kappa shape index (κ3) is 3.40. The predicted octanol–water partition coefficient (Wildman–Crippen LogP) is 3.82. The van der Waals surface area contributed by atoms with Crippen LogP contribution in [0.5, 0.6) is 0 Å². The number of sulfonamides is 1. The Bertz CT molecular complexity index is 810. The Morgan fingerprint density at radius 2 is 1.81 bits per heavy atom. The fourth-order valence-corrected chi connectivity index (χ4v) is 3.62.